The molecule has 2 fully saturated rings. The maximum Gasteiger partial charge on any atom is 0.323 e. The number of hydrogen-bond acceptors (Lipinski definition) is 6. The minimum absolute atomic E-state index is 0.00296. The molecule has 3 aliphatic rings. The van der Waals surface area contributed by atoms with Crippen molar-refractivity contribution in [2.45, 2.75) is 75.2 Å². The van der Waals surface area contributed by atoms with E-state index < -0.39 is 6.10 Å². The average Bonchev–Trinajstić information content (AvgIpc) is 3.27. The van der Waals surface area contributed by atoms with Gasteiger partial charge in [-0.1, -0.05) is 19.3 Å². The fraction of sp³-hybridized carbons (Fsp3) is 0.500. The van der Waals surface area contributed by atoms with Crippen molar-refractivity contribution in [3.05, 3.63) is 48.0 Å². The molecule has 1 saturated carbocycles. The van der Waals surface area contributed by atoms with Gasteiger partial charge in [0.15, 0.2) is 0 Å². The number of urea groups is 1. The molecule has 0 spiro atoms. The summed E-state index contributed by atoms with van der Waals surface area (Å²) < 4.78 is 17.4. The number of rotatable bonds is 7. The lowest BCUT2D eigenvalue weighted by Gasteiger charge is -2.37. The molecule has 0 unspecified atom stereocenters. The second-order valence-corrected chi connectivity index (χ2v) is 10.1. The molecule has 5 rings (SSSR count). The number of hydrogen-bond donors (Lipinski definition) is 4. The number of amides is 3. The molecule has 3 amide bonds. The first-order valence-corrected chi connectivity index (χ1v) is 13.1. The average molecular weight is 510 g/mol. The molecule has 2 aromatic carbocycles. The molecule has 9 heteroatoms. The molecule has 37 heavy (non-hydrogen) atoms. The van der Waals surface area contributed by atoms with Gasteiger partial charge >= 0.3 is 6.03 Å². The van der Waals surface area contributed by atoms with Crippen LogP contribution < -0.4 is 25.4 Å². The highest BCUT2D eigenvalue weighted by Crippen LogP contribution is 2.47. The summed E-state index contributed by atoms with van der Waals surface area (Å²) in [6.45, 7) is -0.189. The van der Waals surface area contributed by atoms with E-state index in [-0.39, 0.29) is 49.1 Å². The van der Waals surface area contributed by atoms with Crippen molar-refractivity contribution >= 4 is 23.3 Å². The lowest BCUT2D eigenvalue weighted by molar-refractivity contribution is -0.142. The maximum atomic E-state index is 12.7. The quantitative estimate of drug-likeness (QED) is 0.445. The molecule has 1 aliphatic carbocycles. The zero-order valence-corrected chi connectivity index (χ0v) is 21.1. The van der Waals surface area contributed by atoms with E-state index in [0.717, 1.165) is 31.2 Å². The summed E-state index contributed by atoms with van der Waals surface area (Å²) in [6, 6.07) is 12.5. The van der Waals surface area contributed by atoms with Gasteiger partial charge in [-0.15, -0.1) is 0 Å². The van der Waals surface area contributed by atoms with Crippen molar-refractivity contribution in [2.75, 3.05) is 24.4 Å². The largest absolute Gasteiger partial charge is 0.497 e. The number of ether oxygens (including phenoxy) is 3. The van der Waals surface area contributed by atoms with Crippen LogP contribution in [0.5, 0.6) is 11.5 Å². The maximum absolute atomic E-state index is 12.7. The van der Waals surface area contributed by atoms with Crippen LogP contribution in [0.15, 0.2) is 42.5 Å². The molecular weight excluding hydrogens is 474 g/mol. The molecular formula is C28H35N3O6. The summed E-state index contributed by atoms with van der Waals surface area (Å²) in [5.41, 5.74) is 2.23. The topological polar surface area (TPSA) is 118 Å². The Bertz CT molecular complexity index is 1100. The Hall–Kier alpha value is -3.30. The lowest BCUT2D eigenvalue weighted by atomic mass is 9.84. The first-order chi connectivity index (χ1) is 18.0. The molecule has 9 nitrogen and oxygen atoms in total. The molecule has 0 radical (unpaired) electrons. The zero-order chi connectivity index (χ0) is 25.8. The van der Waals surface area contributed by atoms with Gasteiger partial charge in [-0.25, -0.2) is 4.79 Å². The Morgan fingerprint density at radius 3 is 2.49 bits per heavy atom. The van der Waals surface area contributed by atoms with Gasteiger partial charge in [-0.2, -0.15) is 0 Å². The van der Waals surface area contributed by atoms with Crippen molar-refractivity contribution in [3.63, 3.8) is 0 Å². The summed E-state index contributed by atoms with van der Waals surface area (Å²) in [7, 11) is 1.59. The van der Waals surface area contributed by atoms with E-state index in [9.17, 15) is 14.7 Å². The fourth-order valence-corrected chi connectivity index (χ4v) is 5.67. The standard InChI is InChI=1S/C28H35N3O6/c1-35-20-10-7-18(8-11-20)30-28(34)31-19-9-12-24-22(13-19)23-14-21(36-25(16-32)27(23)37-24)15-26(33)29-17-5-3-2-4-6-17/h7-13,17,21,23,25,27,32H,2-6,14-16H2,1H3,(H,29,33)(H2,30,31,34)/t21-,23-,25+,27+/m0/s1. The van der Waals surface area contributed by atoms with Crippen LogP contribution in [0, 0.1) is 0 Å². The SMILES string of the molecule is COc1ccc(NC(=O)Nc2ccc3c(c2)[C@@H]2C[C@@H](CC(=O)NC4CCCCC4)O[C@H](CO)[C@@H]2O3)cc1. The van der Waals surface area contributed by atoms with Crippen LogP contribution in [-0.4, -0.2) is 55.1 Å². The van der Waals surface area contributed by atoms with E-state index in [0.29, 0.717) is 29.3 Å². The number of carbonyl (C=O) groups excluding carboxylic acids is 2. The molecule has 198 valence electrons. The van der Waals surface area contributed by atoms with E-state index in [1.807, 2.05) is 12.1 Å². The Kier molecular flexibility index (Phi) is 7.81. The minimum Gasteiger partial charge on any atom is -0.497 e. The molecule has 4 N–H and O–H groups in total. The normalized spacial score (nSPS) is 24.8. The molecule has 2 heterocycles. The van der Waals surface area contributed by atoms with Crippen molar-refractivity contribution in [3.8, 4) is 11.5 Å². The molecule has 4 atom stereocenters. The smallest absolute Gasteiger partial charge is 0.323 e. The van der Waals surface area contributed by atoms with Crippen LogP contribution >= 0.6 is 0 Å². The predicted octanol–water partition coefficient (Wildman–Crippen LogP) is 4.17. The van der Waals surface area contributed by atoms with Gasteiger partial charge < -0.3 is 35.3 Å². The van der Waals surface area contributed by atoms with Gasteiger partial charge in [0.05, 0.1) is 26.2 Å². The molecule has 0 aromatic heterocycles. The molecule has 1 saturated heterocycles. The van der Waals surface area contributed by atoms with E-state index in [1.54, 1.807) is 37.4 Å². The first-order valence-electron chi connectivity index (χ1n) is 13.1. The van der Waals surface area contributed by atoms with Crippen LogP contribution in [0.2, 0.25) is 0 Å². The van der Waals surface area contributed by atoms with Crippen LogP contribution in [0.1, 0.15) is 56.4 Å². The van der Waals surface area contributed by atoms with Gasteiger partial charge in [0.2, 0.25) is 5.91 Å². The summed E-state index contributed by atoms with van der Waals surface area (Å²) in [4.78, 5) is 25.3. The molecule has 0 bridgehead atoms. The van der Waals surface area contributed by atoms with E-state index in [4.69, 9.17) is 14.2 Å². The van der Waals surface area contributed by atoms with Crippen LogP contribution in [-0.2, 0) is 9.53 Å². The minimum atomic E-state index is -0.520. The number of anilines is 2. The highest BCUT2D eigenvalue weighted by Gasteiger charge is 2.46. The third kappa shape index (κ3) is 5.99. The second-order valence-electron chi connectivity index (χ2n) is 10.1. The number of nitrogens with one attached hydrogen (secondary N) is 3. The van der Waals surface area contributed by atoms with Crippen LogP contribution in [0.4, 0.5) is 16.2 Å². The van der Waals surface area contributed by atoms with E-state index in [1.165, 1.54) is 6.42 Å². The Balaban J connectivity index is 1.23. The monoisotopic (exact) mass is 509 g/mol. The van der Waals surface area contributed by atoms with Crippen molar-refractivity contribution in [1.29, 1.82) is 0 Å². The third-order valence-electron chi connectivity index (χ3n) is 7.49. The molecule has 2 aliphatic heterocycles. The second kappa shape index (κ2) is 11.4. The van der Waals surface area contributed by atoms with Crippen LogP contribution in [0.3, 0.4) is 0 Å². The number of aliphatic hydroxyl groups is 1. The van der Waals surface area contributed by atoms with Gasteiger partial charge in [-0.3, -0.25) is 4.79 Å². The summed E-state index contributed by atoms with van der Waals surface area (Å²) >= 11 is 0. The van der Waals surface area contributed by atoms with Crippen molar-refractivity contribution in [2.24, 2.45) is 0 Å². The predicted molar refractivity (Wildman–Crippen MR) is 139 cm³/mol. The highest BCUT2D eigenvalue weighted by atomic mass is 16.6. The molecule has 2 aromatic rings. The Morgan fingerprint density at radius 2 is 1.76 bits per heavy atom. The summed E-state index contributed by atoms with van der Waals surface area (Å²) in [6.07, 6.45) is 5.31. The number of fused-ring (bicyclic) bond motifs is 3. The number of aliphatic hydroxyl groups excluding tert-OH is 1. The first kappa shape index (κ1) is 25.4. The van der Waals surface area contributed by atoms with Gasteiger partial charge in [0.25, 0.3) is 0 Å². The van der Waals surface area contributed by atoms with Gasteiger partial charge in [0, 0.05) is 28.9 Å². The third-order valence-corrected chi connectivity index (χ3v) is 7.49. The number of methoxy groups -OCH3 is 1. The summed E-state index contributed by atoms with van der Waals surface area (Å²) in [5.74, 6) is 1.38. The van der Waals surface area contributed by atoms with Gasteiger partial charge in [0.1, 0.15) is 23.7 Å². The summed E-state index contributed by atoms with van der Waals surface area (Å²) in [5, 5.41) is 18.8. The number of benzene rings is 2. The van der Waals surface area contributed by atoms with Crippen LogP contribution in [0.25, 0.3) is 0 Å². The lowest BCUT2D eigenvalue weighted by Crippen LogP contribution is -2.48. The number of carbonyl (C=O) groups is 2. The van der Waals surface area contributed by atoms with E-state index in [2.05, 4.69) is 16.0 Å². The van der Waals surface area contributed by atoms with E-state index >= 15 is 0 Å². The fourth-order valence-electron chi connectivity index (χ4n) is 5.67. The highest BCUT2D eigenvalue weighted by molar-refractivity contribution is 5.99. The van der Waals surface area contributed by atoms with Crippen molar-refractivity contribution in [1.82, 2.24) is 5.32 Å². The Morgan fingerprint density at radius 1 is 1.03 bits per heavy atom. The van der Waals surface area contributed by atoms with Crippen molar-refractivity contribution < 1.29 is 28.9 Å². The zero-order valence-electron chi connectivity index (χ0n) is 21.1. The van der Waals surface area contributed by atoms with Gasteiger partial charge in [-0.05, 0) is 61.7 Å². The Labute approximate surface area is 216 Å².